The van der Waals surface area contributed by atoms with Gasteiger partial charge >= 0.3 is 0 Å². The van der Waals surface area contributed by atoms with Gasteiger partial charge in [-0.1, -0.05) is 43.2 Å². The first-order valence-electron chi connectivity index (χ1n) is 13.3. The first-order valence-corrected chi connectivity index (χ1v) is 13.3. The Bertz CT molecular complexity index is 981. The van der Waals surface area contributed by atoms with E-state index in [0.29, 0.717) is 24.9 Å². The van der Waals surface area contributed by atoms with E-state index in [1.807, 2.05) is 24.1 Å². The molecule has 0 radical (unpaired) electrons. The number of rotatable bonds is 11. The van der Waals surface area contributed by atoms with Gasteiger partial charge in [-0.05, 0) is 75.6 Å². The molecule has 2 amide bonds. The number of unbranched alkanes of at least 4 members (excludes halogenated alkanes) is 4. The number of benzene rings is 1. The number of piperidine rings is 1. The number of amides is 2. The summed E-state index contributed by atoms with van der Waals surface area (Å²) >= 11 is 0. The van der Waals surface area contributed by atoms with Crippen molar-refractivity contribution in [3.63, 3.8) is 0 Å². The summed E-state index contributed by atoms with van der Waals surface area (Å²) in [4.78, 5) is 37.3. The van der Waals surface area contributed by atoms with Gasteiger partial charge in [-0.2, -0.15) is 0 Å². The molecule has 2 aliphatic carbocycles. The summed E-state index contributed by atoms with van der Waals surface area (Å²) in [6.07, 6.45) is 14.4. The molecule has 1 aliphatic heterocycles. The lowest BCUT2D eigenvalue weighted by atomic mass is 9.54. The topological polar surface area (TPSA) is 78.5 Å². The molecule has 1 aromatic carbocycles. The van der Waals surface area contributed by atoms with Gasteiger partial charge in [-0.25, -0.2) is 0 Å². The molecule has 188 valence electrons. The van der Waals surface area contributed by atoms with Gasteiger partial charge in [0.15, 0.2) is 0 Å². The fraction of sp³-hybridized carbons (Fsp3) is 0.621. The number of carbonyl (C=O) groups is 3. The third-order valence-corrected chi connectivity index (χ3v) is 8.15. The van der Waals surface area contributed by atoms with Crippen LogP contribution in [0.4, 0.5) is 0 Å². The molecule has 1 heterocycles. The van der Waals surface area contributed by atoms with E-state index in [0.717, 1.165) is 48.3 Å². The predicted molar refractivity (Wildman–Crippen MR) is 137 cm³/mol. The maximum atomic E-state index is 12.2. The van der Waals surface area contributed by atoms with Crippen molar-refractivity contribution >= 4 is 18.1 Å². The SMILES string of the molecule is CN(Cc1c(C#CCCCCCCNC2CC3(CCC3)C2)cccc1C=O)C1CCC(=O)NC1=O. The molecule has 3 fully saturated rings. The van der Waals surface area contributed by atoms with Crippen molar-refractivity contribution in [3.05, 3.63) is 34.9 Å². The Kier molecular flexibility index (Phi) is 8.75. The van der Waals surface area contributed by atoms with Gasteiger partial charge in [0.1, 0.15) is 6.29 Å². The summed E-state index contributed by atoms with van der Waals surface area (Å²) in [5.41, 5.74) is 3.02. The summed E-state index contributed by atoms with van der Waals surface area (Å²) in [6, 6.07) is 5.96. The molecule has 1 aromatic rings. The van der Waals surface area contributed by atoms with Crippen LogP contribution in [0.5, 0.6) is 0 Å². The van der Waals surface area contributed by atoms with E-state index >= 15 is 0 Å². The van der Waals surface area contributed by atoms with E-state index in [1.54, 1.807) is 6.07 Å². The minimum atomic E-state index is -0.383. The molecule has 3 aliphatic rings. The quantitative estimate of drug-likeness (QED) is 0.218. The van der Waals surface area contributed by atoms with Crippen molar-refractivity contribution in [1.29, 1.82) is 0 Å². The number of likely N-dealkylation sites (N-methyl/N-ethyl adjacent to an activating group) is 1. The van der Waals surface area contributed by atoms with E-state index in [1.165, 1.54) is 51.4 Å². The van der Waals surface area contributed by atoms with Gasteiger partial charge in [-0.15, -0.1) is 0 Å². The number of nitrogens with zero attached hydrogens (tertiary/aromatic N) is 1. The predicted octanol–water partition coefficient (Wildman–Crippen LogP) is 3.96. The van der Waals surface area contributed by atoms with Crippen LogP contribution < -0.4 is 10.6 Å². The molecule has 6 heteroatoms. The highest BCUT2D eigenvalue weighted by Gasteiger charge is 2.47. The summed E-state index contributed by atoms with van der Waals surface area (Å²) in [6.45, 7) is 1.56. The maximum Gasteiger partial charge on any atom is 0.243 e. The third kappa shape index (κ3) is 6.59. The Morgan fingerprint density at radius 1 is 1.17 bits per heavy atom. The maximum absolute atomic E-state index is 12.2. The number of imide groups is 1. The molecule has 0 aromatic heterocycles. The molecule has 4 rings (SSSR count). The molecule has 1 spiro atoms. The van der Waals surface area contributed by atoms with Crippen LogP contribution in [0.3, 0.4) is 0 Å². The standard InChI is InChI=1S/C29H39N3O3/c1-32(26-13-14-27(34)31-28(26)35)20-25-22(11-8-12-23(25)21-33)10-6-4-2-3-5-7-17-30-24-18-29(19-24)15-9-16-29/h8,11-12,21,24,26,30H,2-5,7,9,13-20H2,1H3,(H,31,34,35). The zero-order valence-corrected chi connectivity index (χ0v) is 21.0. The average Bonchev–Trinajstić information content (AvgIpc) is 2.78. The van der Waals surface area contributed by atoms with Crippen molar-refractivity contribution < 1.29 is 14.4 Å². The minimum absolute atomic E-state index is 0.226. The minimum Gasteiger partial charge on any atom is -0.314 e. The lowest BCUT2D eigenvalue weighted by Gasteiger charge is -2.54. The number of hydrogen-bond donors (Lipinski definition) is 2. The average molecular weight is 478 g/mol. The van der Waals surface area contributed by atoms with Gasteiger partial charge in [-0.3, -0.25) is 24.6 Å². The first-order chi connectivity index (χ1) is 17.0. The van der Waals surface area contributed by atoms with E-state index in [4.69, 9.17) is 0 Å². The Hall–Kier alpha value is -2.49. The normalized spacial score (nSPS) is 21.1. The molecule has 6 nitrogen and oxygen atoms in total. The van der Waals surface area contributed by atoms with E-state index in [-0.39, 0.29) is 17.9 Å². The fourth-order valence-electron chi connectivity index (χ4n) is 5.84. The van der Waals surface area contributed by atoms with Crippen LogP contribution in [-0.4, -0.2) is 48.7 Å². The second-order valence-corrected chi connectivity index (χ2v) is 10.8. The number of nitrogens with one attached hydrogen (secondary N) is 2. The summed E-state index contributed by atoms with van der Waals surface area (Å²) in [5, 5.41) is 6.13. The highest BCUT2D eigenvalue weighted by atomic mass is 16.2. The van der Waals surface area contributed by atoms with Crippen LogP contribution in [-0.2, 0) is 16.1 Å². The van der Waals surface area contributed by atoms with Crippen molar-refractivity contribution in [3.8, 4) is 11.8 Å². The Morgan fingerprint density at radius 3 is 2.69 bits per heavy atom. The lowest BCUT2D eigenvalue weighted by Crippen LogP contribution is -2.52. The molecule has 1 saturated heterocycles. The highest BCUT2D eigenvalue weighted by Crippen LogP contribution is 2.55. The molecular formula is C29H39N3O3. The van der Waals surface area contributed by atoms with E-state index in [9.17, 15) is 14.4 Å². The number of carbonyl (C=O) groups excluding carboxylic acids is 3. The summed E-state index contributed by atoms with van der Waals surface area (Å²) in [7, 11) is 1.85. The Labute approximate surface area is 209 Å². The number of hydrogen-bond acceptors (Lipinski definition) is 5. The van der Waals surface area contributed by atoms with Crippen LogP contribution in [0.1, 0.15) is 98.5 Å². The molecule has 2 saturated carbocycles. The monoisotopic (exact) mass is 477 g/mol. The van der Waals surface area contributed by atoms with Crippen molar-refractivity contribution in [2.24, 2.45) is 5.41 Å². The van der Waals surface area contributed by atoms with Crippen molar-refractivity contribution in [2.45, 2.75) is 95.7 Å². The zero-order valence-electron chi connectivity index (χ0n) is 21.0. The van der Waals surface area contributed by atoms with Crippen molar-refractivity contribution in [1.82, 2.24) is 15.5 Å². The van der Waals surface area contributed by atoms with Gasteiger partial charge in [0.25, 0.3) is 0 Å². The van der Waals surface area contributed by atoms with Gasteiger partial charge < -0.3 is 5.32 Å². The zero-order chi connectivity index (χ0) is 24.7. The summed E-state index contributed by atoms with van der Waals surface area (Å²) in [5.74, 6) is 6.05. The lowest BCUT2D eigenvalue weighted by molar-refractivity contribution is -0.137. The first kappa shape index (κ1) is 25.6. The highest BCUT2D eigenvalue weighted by molar-refractivity contribution is 6.00. The van der Waals surface area contributed by atoms with Crippen LogP contribution in [0, 0.1) is 17.3 Å². The molecule has 1 atom stereocenters. The fourth-order valence-corrected chi connectivity index (χ4v) is 5.84. The van der Waals surface area contributed by atoms with Crippen molar-refractivity contribution in [2.75, 3.05) is 13.6 Å². The second kappa shape index (κ2) is 12.0. The van der Waals surface area contributed by atoms with Crippen LogP contribution >= 0.6 is 0 Å². The van der Waals surface area contributed by atoms with Crippen LogP contribution in [0.15, 0.2) is 18.2 Å². The number of aldehydes is 1. The van der Waals surface area contributed by atoms with E-state index in [2.05, 4.69) is 22.5 Å². The summed E-state index contributed by atoms with van der Waals surface area (Å²) < 4.78 is 0. The van der Waals surface area contributed by atoms with Crippen LogP contribution in [0.2, 0.25) is 0 Å². The smallest absolute Gasteiger partial charge is 0.243 e. The largest absolute Gasteiger partial charge is 0.314 e. The van der Waals surface area contributed by atoms with Crippen LogP contribution in [0.25, 0.3) is 0 Å². The van der Waals surface area contributed by atoms with Gasteiger partial charge in [0.2, 0.25) is 11.8 Å². The van der Waals surface area contributed by atoms with E-state index < -0.39 is 0 Å². The molecular weight excluding hydrogens is 438 g/mol. The van der Waals surface area contributed by atoms with Gasteiger partial charge in [0, 0.05) is 36.6 Å². The molecule has 2 N–H and O–H groups in total. The molecule has 0 bridgehead atoms. The van der Waals surface area contributed by atoms with Gasteiger partial charge in [0.05, 0.1) is 6.04 Å². The Morgan fingerprint density at radius 2 is 1.97 bits per heavy atom. The molecule has 35 heavy (non-hydrogen) atoms. The second-order valence-electron chi connectivity index (χ2n) is 10.8. The Balaban J connectivity index is 1.19. The third-order valence-electron chi connectivity index (χ3n) is 8.15. The molecule has 1 unspecified atom stereocenters.